The smallest absolute Gasteiger partial charge is 0.326 e. The minimum absolute atomic E-state index is 0.204. The van der Waals surface area contributed by atoms with Gasteiger partial charge in [-0.25, -0.2) is 0 Å². The molecule has 4 aromatic rings. The summed E-state index contributed by atoms with van der Waals surface area (Å²) in [6.07, 6.45) is 0. The van der Waals surface area contributed by atoms with Crippen molar-refractivity contribution < 1.29 is 14.3 Å². The summed E-state index contributed by atoms with van der Waals surface area (Å²) in [6.45, 7) is 4.07. The molecule has 0 saturated carbocycles. The first kappa shape index (κ1) is 19.9. The van der Waals surface area contributed by atoms with Gasteiger partial charge in [-0.3, -0.25) is 19.0 Å². The van der Waals surface area contributed by atoms with Crippen molar-refractivity contribution in [3.05, 3.63) is 63.2 Å². The van der Waals surface area contributed by atoms with E-state index in [1.807, 2.05) is 30.3 Å². The molecule has 1 N–H and O–H groups in total. The third kappa shape index (κ3) is 3.73. The van der Waals surface area contributed by atoms with Crippen molar-refractivity contribution in [2.45, 2.75) is 26.9 Å². The molecule has 2 aromatic carbocycles. The minimum Gasteiger partial charge on any atom is -0.454 e. The van der Waals surface area contributed by atoms with Crippen LogP contribution in [0.15, 0.2) is 52.6 Å². The number of carbonyl (C=O) groups is 2. The molecule has 0 fully saturated rings. The Morgan fingerprint density at radius 2 is 1.83 bits per heavy atom. The lowest BCUT2D eigenvalue weighted by atomic mass is 10.1. The molecule has 1 amide bonds. The Labute approximate surface area is 176 Å². The molecule has 154 valence electrons. The van der Waals surface area contributed by atoms with Crippen molar-refractivity contribution in [1.29, 1.82) is 0 Å². The highest BCUT2D eigenvalue weighted by atomic mass is 32.1. The van der Waals surface area contributed by atoms with Crippen LogP contribution < -0.4 is 10.2 Å². The number of rotatable bonds is 6. The molecule has 4 rings (SSSR count). The van der Waals surface area contributed by atoms with Crippen LogP contribution in [0.1, 0.15) is 12.6 Å². The van der Waals surface area contributed by atoms with Gasteiger partial charge < -0.3 is 14.6 Å². The number of aromatic nitrogens is 2. The summed E-state index contributed by atoms with van der Waals surface area (Å²) in [5.41, 5.74) is 3.56. The van der Waals surface area contributed by atoms with Crippen molar-refractivity contribution in [2.24, 2.45) is 0 Å². The van der Waals surface area contributed by atoms with Crippen molar-refractivity contribution in [1.82, 2.24) is 9.13 Å². The van der Waals surface area contributed by atoms with Crippen molar-refractivity contribution in [3.63, 3.8) is 0 Å². The van der Waals surface area contributed by atoms with Crippen molar-refractivity contribution in [2.75, 3.05) is 11.9 Å². The Morgan fingerprint density at radius 3 is 2.57 bits per heavy atom. The normalized spacial score (nSPS) is 11.1. The number of hydrogen-bond donors (Lipinski definition) is 1. The lowest BCUT2D eigenvalue weighted by molar-refractivity contribution is -0.147. The van der Waals surface area contributed by atoms with E-state index >= 15 is 0 Å². The number of nitrogens with one attached hydrogen (secondary N) is 1. The minimum atomic E-state index is -0.629. The predicted octanol–water partition coefficient (Wildman–Crippen LogP) is 3.53. The second-order valence-electron chi connectivity index (χ2n) is 6.93. The molecule has 8 heteroatoms. The number of thiazole rings is 1. The first-order valence-electron chi connectivity index (χ1n) is 9.59. The number of ether oxygens (including phenoxy) is 1. The SMILES string of the molecule is CCn1c2ccccc2c2cc(NC(=O)COC(=O)Cn3c(C)csc3=O)ccc21. The zero-order valence-corrected chi connectivity index (χ0v) is 17.5. The molecule has 0 spiro atoms. The molecule has 0 aliphatic heterocycles. The van der Waals surface area contributed by atoms with Gasteiger partial charge in [-0.05, 0) is 38.1 Å². The Kier molecular flexibility index (Phi) is 5.41. The van der Waals surface area contributed by atoms with Crippen LogP contribution in [-0.4, -0.2) is 27.6 Å². The van der Waals surface area contributed by atoms with Crippen LogP contribution in [0.3, 0.4) is 0 Å². The lowest BCUT2D eigenvalue weighted by Gasteiger charge is -2.08. The summed E-state index contributed by atoms with van der Waals surface area (Å²) in [5, 5.41) is 6.62. The highest BCUT2D eigenvalue weighted by Crippen LogP contribution is 2.30. The van der Waals surface area contributed by atoms with E-state index in [0.717, 1.165) is 39.7 Å². The van der Waals surface area contributed by atoms with E-state index in [0.29, 0.717) is 11.4 Å². The molecular weight excluding hydrogens is 402 g/mol. The first-order valence-corrected chi connectivity index (χ1v) is 10.5. The highest BCUT2D eigenvalue weighted by molar-refractivity contribution is 7.07. The fraction of sp³-hybridized carbons (Fsp3) is 0.227. The van der Waals surface area contributed by atoms with E-state index in [2.05, 4.69) is 28.9 Å². The summed E-state index contributed by atoms with van der Waals surface area (Å²) >= 11 is 1.02. The van der Waals surface area contributed by atoms with Gasteiger partial charge >= 0.3 is 10.8 Å². The number of fused-ring (bicyclic) bond motifs is 3. The number of para-hydroxylation sites is 1. The number of hydrogen-bond acceptors (Lipinski definition) is 5. The van der Waals surface area contributed by atoms with Crippen LogP contribution in [-0.2, 0) is 27.4 Å². The van der Waals surface area contributed by atoms with Crippen LogP contribution in [0.5, 0.6) is 0 Å². The number of anilines is 1. The number of benzene rings is 2. The predicted molar refractivity (Wildman–Crippen MR) is 118 cm³/mol. The van der Waals surface area contributed by atoms with Crippen LogP contribution >= 0.6 is 11.3 Å². The van der Waals surface area contributed by atoms with Gasteiger partial charge in [0.05, 0.1) is 0 Å². The molecule has 0 atom stereocenters. The fourth-order valence-electron chi connectivity index (χ4n) is 3.59. The monoisotopic (exact) mass is 423 g/mol. The number of aryl methyl sites for hydroxylation is 2. The van der Waals surface area contributed by atoms with E-state index in [1.54, 1.807) is 12.3 Å². The van der Waals surface area contributed by atoms with E-state index in [9.17, 15) is 14.4 Å². The Hall–Kier alpha value is -3.39. The molecule has 0 aliphatic rings. The third-order valence-electron chi connectivity index (χ3n) is 5.00. The number of nitrogens with zero attached hydrogens (tertiary/aromatic N) is 2. The topological polar surface area (TPSA) is 82.3 Å². The maximum atomic E-state index is 12.3. The number of amides is 1. The lowest BCUT2D eigenvalue weighted by Crippen LogP contribution is -2.26. The average Bonchev–Trinajstić information content (AvgIpc) is 3.23. The van der Waals surface area contributed by atoms with Crippen LogP contribution in [0.2, 0.25) is 0 Å². The molecule has 0 unspecified atom stereocenters. The van der Waals surface area contributed by atoms with Crippen molar-refractivity contribution >= 4 is 50.7 Å². The van der Waals surface area contributed by atoms with Gasteiger partial charge in [0.2, 0.25) is 0 Å². The molecule has 0 bridgehead atoms. The zero-order valence-electron chi connectivity index (χ0n) is 16.7. The van der Waals surface area contributed by atoms with E-state index in [1.165, 1.54) is 4.57 Å². The summed E-state index contributed by atoms with van der Waals surface area (Å²) in [6, 6.07) is 13.9. The summed E-state index contributed by atoms with van der Waals surface area (Å²) in [4.78, 5) is 35.7. The standard InChI is InChI=1S/C22H21N3O4S/c1-3-24-18-7-5-4-6-16(18)17-10-15(8-9-19(17)24)23-20(26)12-29-21(27)11-25-14(2)13-30-22(25)28/h4-10,13H,3,11-12H2,1-2H3,(H,23,26). The van der Waals surface area contributed by atoms with Crippen LogP contribution in [0.4, 0.5) is 5.69 Å². The Morgan fingerprint density at radius 1 is 1.07 bits per heavy atom. The van der Waals surface area contributed by atoms with E-state index in [4.69, 9.17) is 4.74 Å². The summed E-state index contributed by atoms with van der Waals surface area (Å²) in [5.74, 6) is -1.06. The molecule has 0 saturated heterocycles. The molecule has 30 heavy (non-hydrogen) atoms. The van der Waals surface area contributed by atoms with Crippen LogP contribution in [0.25, 0.3) is 21.8 Å². The quantitative estimate of drug-likeness (QED) is 0.481. The maximum Gasteiger partial charge on any atom is 0.326 e. The van der Waals surface area contributed by atoms with Gasteiger partial charge in [0.1, 0.15) is 6.54 Å². The number of carbonyl (C=O) groups excluding carboxylic acids is 2. The Bertz CT molecular complexity index is 1320. The molecule has 0 radical (unpaired) electrons. The summed E-state index contributed by atoms with van der Waals surface area (Å²) < 4.78 is 8.58. The third-order valence-corrected chi connectivity index (χ3v) is 5.88. The van der Waals surface area contributed by atoms with Gasteiger partial charge in [0.15, 0.2) is 6.61 Å². The van der Waals surface area contributed by atoms with Gasteiger partial charge in [0.25, 0.3) is 5.91 Å². The Balaban J connectivity index is 1.45. The molecule has 2 aromatic heterocycles. The van der Waals surface area contributed by atoms with Crippen molar-refractivity contribution in [3.8, 4) is 0 Å². The molecule has 0 aliphatic carbocycles. The zero-order chi connectivity index (χ0) is 21.3. The fourth-order valence-corrected chi connectivity index (χ4v) is 4.32. The van der Waals surface area contributed by atoms with Crippen LogP contribution in [0, 0.1) is 6.92 Å². The van der Waals surface area contributed by atoms with Gasteiger partial charge in [-0.15, -0.1) is 0 Å². The second-order valence-corrected chi connectivity index (χ2v) is 7.75. The summed E-state index contributed by atoms with van der Waals surface area (Å²) in [7, 11) is 0. The second kappa shape index (κ2) is 8.16. The molecule has 2 heterocycles. The largest absolute Gasteiger partial charge is 0.454 e. The first-order chi connectivity index (χ1) is 14.5. The highest BCUT2D eigenvalue weighted by Gasteiger charge is 2.13. The number of esters is 1. The maximum absolute atomic E-state index is 12.3. The molecular formula is C22H21N3O4S. The van der Waals surface area contributed by atoms with Gasteiger partial charge in [-0.1, -0.05) is 29.5 Å². The van der Waals surface area contributed by atoms with E-state index in [-0.39, 0.29) is 11.4 Å². The average molecular weight is 423 g/mol. The molecule has 7 nitrogen and oxygen atoms in total. The van der Waals surface area contributed by atoms with Gasteiger partial charge in [0, 0.05) is 45.1 Å². The van der Waals surface area contributed by atoms with Gasteiger partial charge in [-0.2, -0.15) is 0 Å². The van der Waals surface area contributed by atoms with E-state index < -0.39 is 18.5 Å².